The third kappa shape index (κ3) is 5.67. The van der Waals surface area contributed by atoms with Crippen molar-refractivity contribution in [2.45, 2.75) is 40.2 Å². The summed E-state index contributed by atoms with van der Waals surface area (Å²) in [6, 6.07) is 0. The van der Waals surface area contributed by atoms with E-state index in [0.29, 0.717) is 6.54 Å². The predicted octanol–water partition coefficient (Wildman–Crippen LogP) is 2.18. The smallest absolute Gasteiger partial charge is 0.191 e. The molecule has 0 aliphatic carbocycles. The van der Waals surface area contributed by atoms with Crippen LogP contribution >= 0.6 is 11.3 Å². The van der Waals surface area contributed by atoms with E-state index in [1.807, 2.05) is 31.8 Å². The minimum absolute atomic E-state index is 0.676. The Labute approximate surface area is 142 Å². The van der Waals surface area contributed by atoms with Crippen LogP contribution in [0.3, 0.4) is 0 Å². The second kappa shape index (κ2) is 8.67. The highest BCUT2D eigenvalue weighted by Gasteiger charge is 2.05. The van der Waals surface area contributed by atoms with Crippen LogP contribution in [-0.4, -0.2) is 33.8 Å². The molecule has 0 fully saturated rings. The van der Waals surface area contributed by atoms with Crippen molar-refractivity contribution in [2.24, 2.45) is 12.0 Å². The summed E-state index contributed by atoms with van der Waals surface area (Å²) in [7, 11) is 1.95. The zero-order chi connectivity index (χ0) is 16.7. The van der Waals surface area contributed by atoms with Crippen molar-refractivity contribution >= 4 is 17.3 Å². The fraction of sp³-hybridized carbons (Fsp3) is 0.562. The van der Waals surface area contributed by atoms with Crippen LogP contribution in [0, 0.1) is 13.8 Å². The fourth-order valence-corrected chi connectivity index (χ4v) is 3.17. The first-order valence-corrected chi connectivity index (χ1v) is 8.82. The standard InChI is InChI=1S/C16H26N6S/c1-5-17-16(19-10-15-12(2)21-13(3)23-15)18-8-6-7-14-9-20-22(4)11-14/h9,11H,5-8,10H2,1-4H3,(H2,17,18,19). The Hall–Kier alpha value is -1.89. The Morgan fingerprint density at radius 2 is 2.17 bits per heavy atom. The first kappa shape index (κ1) is 17.5. The second-order valence-corrected chi connectivity index (χ2v) is 6.78. The van der Waals surface area contributed by atoms with Gasteiger partial charge in [-0.15, -0.1) is 11.3 Å². The molecule has 126 valence electrons. The molecule has 0 saturated carbocycles. The van der Waals surface area contributed by atoms with Crippen molar-refractivity contribution in [1.82, 2.24) is 25.4 Å². The third-order valence-corrected chi connectivity index (χ3v) is 4.48. The average Bonchev–Trinajstić information content (AvgIpc) is 3.06. The number of nitrogens with zero attached hydrogens (tertiary/aromatic N) is 4. The number of aromatic nitrogens is 3. The monoisotopic (exact) mass is 334 g/mol. The van der Waals surface area contributed by atoms with E-state index in [2.05, 4.69) is 38.8 Å². The molecule has 6 nitrogen and oxygen atoms in total. The third-order valence-electron chi connectivity index (χ3n) is 3.42. The first-order valence-electron chi connectivity index (χ1n) is 8.01. The van der Waals surface area contributed by atoms with Crippen LogP contribution in [-0.2, 0) is 20.0 Å². The number of hydrogen-bond donors (Lipinski definition) is 2. The van der Waals surface area contributed by atoms with Crippen LogP contribution in [0.4, 0.5) is 0 Å². The summed E-state index contributed by atoms with van der Waals surface area (Å²) < 4.78 is 1.84. The van der Waals surface area contributed by atoms with Crippen LogP contribution < -0.4 is 10.6 Å². The average molecular weight is 334 g/mol. The van der Waals surface area contributed by atoms with Gasteiger partial charge >= 0.3 is 0 Å². The lowest BCUT2D eigenvalue weighted by molar-refractivity contribution is 0.741. The molecule has 23 heavy (non-hydrogen) atoms. The van der Waals surface area contributed by atoms with Crippen LogP contribution in [0.5, 0.6) is 0 Å². The Morgan fingerprint density at radius 1 is 1.35 bits per heavy atom. The van der Waals surface area contributed by atoms with Gasteiger partial charge in [-0.2, -0.15) is 5.10 Å². The molecule has 0 atom stereocenters. The maximum absolute atomic E-state index is 4.65. The van der Waals surface area contributed by atoms with Crippen LogP contribution in [0.15, 0.2) is 17.4 Å². The second-order valence-electron chi connectivity index (χ2n) is 5.49. The summed E-state index contributed by atoms with van der Waals surface area (Å²) in [5.74, 6) is 0.865. The Balaban J connectivity index is 1.80. The Kier molecular flexibility index (Phi) is 6.58. The molecule has 0 bridgehead atoms. The van der Waals surface area contributed by atoms with Crippen molar-refractivity contribution in [3.63, 3.8) is 0 Å². The van der Waals surface area contributed by atoms with E-state index in [0.717, 1.165) is 42.6 Å². The van der Waals surface area contributed by atoms with E-state index in [1.54, 1.807) is 11.3 Å². The van der Waals surface area contributed by atoms with Crippen LogP contribution in [0.25, 0.3) is 0 Å². The van der Waals surface area contributed by atoms with E-state index in [1.165, 1.54) is 10.4 Å². The zero-order valence-electron chi connectivity index (χ0n) is 14.4. The molecule has 0 aliphatic heterocycles. The lowest BCUT2D eigenvalue weighted by Crippen LogP contribution is -2.37. The van der Waals surface area contributed by atoms with Gasteiger partial charge in [0.25, 0.3) is 0 Å². The number of aliphatic imine (C=N–C) groups is 1. The van der Waals surface area contributed by atoms with E-state index >= 15 is 0 Å². The molecule has 2 aromatic rings. The predicted molar refractivity (Wildman–Crippen MR) is 95.9 cm³/mol. The number of thiazole rings is 1. The molecule has 2 aromatic heterocycles. The molecule has 7 heteroatoms. The minimum atomic E-state index is 0.676. The van der Waals surface area contributed by atoms with Crippen molar-refractivity contribution in [2.75, 3.05) is 13.1 Å². The molecule has 0 unspecified atom stereocenters. The van der Waals surface area contributed by atoms with Crippen molar-refractivity contribution in [3.05, 3.63) is 33.5 Å². The Morgan fingerprint density at radius 3 is 2.78 bits per heavy atom. The van der Waals surface area contributed by atoms with Gasteiger partial charge in [-0.3, -0.25) is 4.68 Å². The van der Waals surface area contributed by atoms with Gasteiger partial charge < -0.3 is 10.6 Å². The molecule has 0 aromatic carbocycles. The molecular formula is C16H26N6S. The largest absolute Gasteiger partial charge is 0.357 e. The summed E-state index contributed by atoms with van der Waals surface area (Å²) in [6.07, 6.45) is 6.06. The summed E-state index contributed by atoms with van der Waals surface area (Å²) in [5, 5.41) is 12.0. The normalized spacial score (nSPS) is 11.7. The molecule has 0 saturated heterocycles. The SMILES string of the molecule is CCNC(=NCc1sc(C)nc1C)NCCCc1cnn(C)c1. The summed E-state index contributed by atoms with van der Waals surface area (Å²) >= 11 is 1.72. The minimum Gasteiger partial charge on any atom is -0.357 e. The number of hydrogen-bond acceptors (Lipinski definition) is 4. The molecule has 0 radical (unpaired) electrons. The molecular weight excluding hydrogens is 308 g/mol. The lowest BCUT2D eigenvalue weighted by atomic mass is 10.2. The molecule has 2 N–H and O–H groups in total. The first-order chi connectivity index (χ1) is 11.1. The van der Waals surface area contributed by atoms with Gasteiger partial charge in [-0.25, -0.2) is 9.98 Å². The number of nitrogens with one attached hydrogen (secondary N) is 2. The highest BCUT2D eigenvalue weighted by Crippen LogP contribution is 2.17. The topological polar surface area (TPSA) is 67.1 Å². The fourth-order valence-electron chi connectivity index (χ4n) is 2.31. The van der Waals surface area contributed by atoms with Gasteiger partial charge in [-0.05, 0) is 39.2 Å². The van der Waals surface area contributed by atoms with Gasteiger partial charge in [0.15, 0.2) is 5.96 Å². The van der Waals surface area contributed by atoms with Crippen molar-refractivity contribution < 1.29 is 0 Å². The quantitative estimate of drug-likeness (QED) is 0.463. The van der Waals surface area contributed by atoms with E-state index in [-0.39, 0.29) is 0 Å². The van der Waals surface area contributed by atoms with E-state index in [4.69, 9.17) is 0 Å². The van der Waals surface area contributed by atoms with Crippen LogP contribution in [0.2, 0.25) is 0 Å². The number of guanidine groups is 1. The molecule has 0 amide bonds. The summed E-state index contributed by atoms with van der Waals surface area (Å²) in [4.78, 5) is 10.3. The van der Waals surface area contributed by atoms with Gasteiger partial charge in [0.1, 0.15) is 0 Å². The maximum Gasteiger partial charge on any atom is 0.191 e. The molecule has 2 rings (SSSR count). The zero-order valence-corrected chi connectivity index (χ0v) is 15.2. The lowest BCUT2D eigenvalue weighted by Gasteiger charge is -2.10. The van der Waals surface area contributed by atoms with Gasteiger partial charge in [0.2, 0.25) is 0 Å². The summed E-state index contributed by atoms with van der Waals surface area (Å²) in [6.45, 7) is 8.58. The van der Waals surface area contributed by atoms with Crippen LogP contribution in [0.1, 0.15) is 34.5 Å². The van der Waals surface area contributed by atoms with E-state index < -0.39 is 0 Å². The van der Waals surface area contributed by atoms with Crippen molar-refractivity contribution in [3.8, 4) is 0 Å². The molecule has 2 heterocycles. The number of rotatable bonds is 7. The summed E-state index contributed by atoms with van der Waals surface area (Å²) in [5.41, 5.74) is 2.36. The highest BCUT2D eigenvalue weighted by molar-refractivity contribution is 7.11. The highest BCUT2D eigenvalue weighted by atomic mass is 32.1. The molecule has 0 spiro atoms. The van der Waals surface area contributed by atoms with Gasteiger partial charge in [-0.1, -0.05) is 0 Å². The molecule has 0 aliphatic rings. The Bertz CT molecular complexity index is 643. The maximum atomic E-state index is 4.65. The number of aryl methyl sites for hydroxylation is 4. The van der Waals surface area contributed by atoms with Crippen molar-refractivity contribution in [1.29, 1.82) is 0 Å². The van der Waals surface area contributed by atoms with Gasteiger partial charge in [0.05, 0.1) is 23.4 Å². The van der Waals surface area contributed by atoms with Gasteiger partial charge in [0, 0.05) is 31.2 Å². The van der Waals surface area contributed by atoms with E-state index in [9.17, 15) is 0 Å².